The molecule has 0 aromatic heterocycles. The molecule has 0 saturated carbocycles. The van der Waals surface area contributed by atoms with E-state index in [0.717, 1.165) is 11.8 Å². The standard InChI is InChI=1S/C15H12F4N2OS/c1-7(23-9-4-2-8(20)3-5-9)15(22)21-14-12(18)10(16)6-11(17)13(14)19/h2-7H,20H2,1H3,(H,21,22)/t7-/m1/s1. The monoisotopic (exact) mass is 344 g/mol. The zero-order valence-corrected chi connectivity index (χ0v) is 12.7. The lowest BCUT2D eigenvalue weighted by atomic mass is 10.2. The molecule has 23 heavy (non-hydrogen) atoms. The molecule has 0 fully saturated rings. The van der Waals surface area contributed by atoms with E-state index in [1.54, 1.807) is 24.3 Å². The topological polar surface area (TPSA) is 55.1 Å². The molecule has 1 atom stereocenters. The van der Waals surface area contributed by atoms with Crippen molar-refractivity contribution in [3.8, 4) is 0 Å². The summed E-state index contributed by atoms with van der Waals surface area (Å²) < 4.78 is 53.3. The van der Waals surface area contributed by atoms with Crippen LogP contribution in [0.2, 0.25) is 0 Å². The van der Waals surface area contributed by atoms with Gasteiger partial charge < -0.3 is 11.1 Å². The van der Waals surface area contributed by atoms with Crippen LogP contribution in [0.5, 0.6) is 0 Å². The Morgan fingerprint density at radius 2 is 1.61 bits per heavy atom. The molecule has 1 amide bonds. The summed E-state index contributed by atoms with van der Waals surface area (Å²) in [5.41, 5.74) is 4.94. The summed E-state index contributed by atoms with van der Waals surface area (Å²) in [5.74, 6) is -7.27. The van der Waals surface area contributed by atoms with Crippen molar-refractivity contribution in [2.75, 3.05) is 11.1 Å². The van der Waals surface area contributed by atoms with Crippen LogP contribution in [-0.4, -0.2) is 11.2 Å². The first kappa shape index (κ1) is 17.1. The van der Waals surface area contributed by atoms with Gasteiger partial charge in [-0.05, 0) is 31.2 Å². The SMILES string of the molecule is C[C@@H](Sc1ccc(N)cc1)C(=O)Nc1c(F)c(F)cc(F)c1F. The number of nitrogen functional groups attached to an aromatic ring is 1. The molecular formula is C15H12F4N2OS. The number of rotatable bonds is 4. The highest BCUT2D eigenvalue weighted by molar-refractivity contribution is 8.00. The van der Waals surface area contributed by atoms with Crippen molar-refractivity contribution in [3.63, 3.8) is 0 Å². The van der Waals surface area contributed by atoms with Gasteiger partial charge in [-0.1, -0.05) is 0 Å². The molecule has 2 rings (SSSR count). The minimum absolute atomic E-state index is 0.0763. The third kappa shape index (κ3) is 3.95. The molecule has 0 aliphatic heterocycles. The summed E-state index contributed by atoms with van der Waals surface area (Å²) in [6, 6.07) is 6.69. The molecule has 0 radical (unpaired) electrons. The maximum atomic E-state index is 13.5. The Morgan fingerprint density at radius 1 is 1.09 bits per heavy atom. The van der Waals surface area contributed by atoms with Gasteiger partial charge in [0.25, 0.3) is 0 Å². The summed E-state index contributed by atoms with van der Waals surface area (Å²) in [6.45, 7) is 1.49. The van der Waals surface area contributed by atoms with Crippen LogP contribution in [0.15, 0.2) is 35.2 Å². The fourth-order valence-corrected chi connectivity index (χ4v) is 2.58. The summed E-state index contributed by atoms with van der Waals surface area (Å²) in [4.78, 5) is 12.7. The van der Waals surface area contributed by atoms with Crippen LogP contribution in [0, 0.1) is 23.3 Å². The molecule has 0 unspecified atom stereocenters. The second-order valence-corrected chi connectivity index (χ2v) is 6.08. The van der Waals surface area contributed by atoms with E-state index in [1.165, 1.54) is 6.92 Å². The number of hydrogen-bond acceptors (Lipinski definition) is 3. The maximum absolute atomic E-state index is 13.5. The van der Waals surface area contributed by atoms with E-state index in [-0.39, 0.29) is 6.07 Å². The van der Waals surface area contributed by atoms with Crippen LogP contribution in [-0.2, 0) is 4.79 Å². The quantitative estimate of drug-likeness (QED) is 0.382. The molecule has 3 nitrogen and oxygen atoms in total. The average molecular weight is 344 g/mol. The predicted octanol–water partition coefficient (Wildman–Crippen LogP) is 3.94. The Bertz CT molecular complexity index is 711. The van der Waals surface area contributed by atoms with Gasteiger partial charge in [0.1, 0.15) is 5.69 Å². The third-order valence-corrected chi connectivity index (χ3v) is 4.03. The van der Waals surface area contributed by atoms with Crippen molar-refractivity contribution in [1.82, 2.24) is 0 Å². The van der Waals surface area contributed by atoms with Crippen molar-refractivity contribution < 1.29 is 22.4 Å². The smallest absolute Gasteiger partial charge is 0.237 e. The van der Waals surface area contributed by atoms with Crippen molar-refractivity contribution in [2.45, 2.75) is 17.1 Å². The second-order valence-electron chi connectivity index (χ2n) is 4.66. The second kappa shape index (κ2) is 6.91. The van der Waals surface area contributed by atoms with E-state index in [1.807, 2.05) is 5.32 Å². The first-order valence-electron chi connectivity index (χ1n) is 6.45. The largest absolute Gasteiger partial charge is 0.399 e. The Labute approximate surface area is 133 Å². The van der Waals surface area contributed by atoms with E-state index < -0.39 is 40.1 Å². The van der Waals surface area contributed by atoms with Crippen LogP contribution < -0.4 is 11.1 Å². The predicted molar refractivity (Wildman–Crippen MR) is 81.1 cm³/mol. The van der Waals surface area contributed by atoms with Gasteiger partial charge in [0.15, 0.2) is 23.3 Å². The molecule has 0 aliphatic rings. The molecule has 122 valence electrons. The lowest BCUT2D eigenvalue weighted by Gasteiger charge is -2.13. The number of nitrogens with two attached hydrogens (primary N) is 1. The first-order valence-corrected chi connectivity index (χ1v) is 7.33. The van der Waals surface area contributed by atoms with Crippen LogP contribution in [0.4, 0.5) is 28.9 Å². The van der Waals surface area contributed by atoms with E-state index in [4.69, 9.17) is 5.73 Å². The number of halogens is 4. The van der Waals surface area contributed by atoms with Crippen molar-refractivity contribution in [3.05, 3.63) is 53.6 Å². The van der Waals surface area contributed by atoms with E-state index in [2.05, 4.69) is 0 Å². The molecule has 2 aromatic rings. The number of amides is 1. The molecule has 0 bridgehead atoms. The van der Waals surface area contributed by atoms with Crippen molar-refractivity contribution >= 4 is 29.0 Å². The molecule has 0 saturated heterocycles. The van der Waals surface area contributed by atoms with E-state index >= 15 is 0 Å². The number of nitrogens with one attached hydrogen (secondary N) is 1. The van der Waals surface area contributed by atoms with Crippen LogP contribution in [0.3, 0.4) is 0 Å². The fourth-order valence-electron chi connectivity index (χ4n) is 1.71. The van der Waals surface area contributed by atoms with Crippen LogP contribution in [0.25, 0.3) is 0 Å². The minimum atomic E-state index is -1.65. The summed E-state index contributed by atoms with van der Waals surface area (Å²) in [5, 5.41) is 1.12. The highest BCUT2D eigenvalue weighted by Gasteiger charge is 2.23. The van der Waals surface area contributed by atoms with Crippen LogP contribution >= 0.6 is 11.8 Å². The molecule has 0 spiro atoms. The summed E-state index contributed by atoms with van der Waals surface area (Å²) in [6.07, 6.45) is 0. The van der Waals surface area contributed by atoms with Gasteiger partial charge in [0.05, 0.1) is 5.25 Å². The van der Waals surface area contributed by atoms with Crippen molar-refractivity contribution in [2.24, 2.45) is 0 Å². The Morgan fingerprint density at radius 3 is 2.13 bits per heavy atom. The van der Waals surface area contributed by atoms with E-state index in [9.17, 15) is 22.4 Å². The molecule has 3 N–H and O–H groups in total. The fraction of sp³-hybridized carbons (Fsp3) is 0.133. The molecular weight excluding hydrogens is 332 g/mol. The van der Waals surface area contributed by atoms with Crippen LogP contribution in [0.1, 0.15) is 6.92 Å². The summed E-state index contributed by atoms with van der Waals surface area (Å²) >= 11 is 1.10. The average Bonchev–Trinajstić information content (AvgIpc) is 2.51. The normalized spacial score (nSPS) is 12.0. The highest BCUT2D eigenvalue weighted by Crippen LogP contribution is 2.27. The molecule has 2 aromatic carbocycles. The molecule has 8 heteroatoms. The van der Waals surface area contributed by atoms with Gasteiger partial charge >= 0.3 is 0 Å². The van der Waals surface area contributed by atoms with Gasteiger partial charge in [-0.15, -0.1) is 11.8 Å². The zero-order chi connectivity index (χ0) is 17.1. The van der Waals surface area contributed by atoms with Gasteiger partial charge in [0, 0.05) is 16.6 Å². The minimum Gasteiger partial charge on any atom is -0.399 e. The molecule has 0 heterocycles. The highest BCUT2D eigenvalue weighted by atomic mass is 32.2. The lowest BCUT2D eigenvalue weighted by Crippen LogP contribution is -2.24. The number of hydrogen-bond donors (Lipinski definition) is 2. The number of benzene rings is 2. The van der Waals surface area contributed by atoms with E-state index in [0.29, 0.717) is 10.6 Å². The number of thioether (sulfide) groups is 1. The van der Waals surface area contributed by atoms with Crippen molar-refractivity contribution in [1.29, 1.82) is 0 Å². The lowest BCUT2D eigenvalue weighted by molar-refractivity contribution is -0.115. The van der Waals surface area contributed by atoms with Gasteiger partial charge in [0.2, 0.25) is 5.91 Å². The Kier molecular flexibility index (Phi) is 5.15. The third-order valence-electron chi connectivity index (χ3n) is 2.92. The van der Waals surface area contributed by atoms with Gasteiger partial charge in [-0.25, -0.2) is 17.6 Å². The zero-order valence-electron chi connectivity index (χ0n) is 11.9. The number of carbonyl (C=O) groups excluding carboxylic acids is 1. The number of anilines is 2. The maximum Gasteiger partial charge on any atom is 0.237 e. The summed E-state index contributed by atoms with van der Waals surface area (Å²) in [7, 11) is 0. The first-order chi connectivity index (χ1) is 10.8. The van der Waals surface area contributed by atoms with Gasteiger partial charge in [-0.3, -0.25) is 4.79 Å². The Hall–Kier alpha value is -2.22. The number of carbonyl (C=O) groups is 1. The molecule has 0 aliphatic carbocycles. The van der Waals surface area contributed by atoms with Gasteiger partial charge in [-0.2, -0.15) is 0 Å². The Balaban J connectivity index is 2.14.